The second-order valence-corrected chi connectivity index (χ2v) is 8.52. The highest BCUT2D eigenvalue weighted by Gasteiger charge is 2.42. The molecule has 0 bridgehead atoms. The van der Waals surface area contributed by atoms with Crippen molar-refractivity contribution in [1.82, 2.24) is 24.2 Å². The molecule has 0 spiro atoms. The molecule has 29 heavy (non-hydrogen) atoms. The average molecular weight is 426 g/mol. The van der Waals surface area contributed by atoms with Crippen molar-refractivity contribution in [3.05, 3.63) is 58.4 Å². The van der Waals surface area contributed by atoms with Crippen LogP contribution in [0, 0.1) is 0 Å². The third-order valence-electron chi connectivity index (χ3n) is 5.35. The standard InChI is InChI=1S/C20H18ClN6OS/c1-25-12-23-19(24-25)18-14(21)11-29-20(18)27(2)9-7-13-5-6-15-16(4-3-8-22-15)26(13)10-17(27)28/h3-4,8-9,11-12H,5-6,10H2,1-2H3/q+1. The third kappa shape index (κ3) is 2.84. The van der Waals surface area contributed by atoms with Crippen molar-refractivity contribution in [2.24, 2.45) is 7.05 Å². The Morgan fingerprint density at radius 3 is 2.97 bits per heavy atom. The molecule has 0 saturated heterocycles. The largest absolute Gasteiger partial charge is 0.344 e. The number of anilines is 1. The van der Waals surface area contributed by atoms with Crippen molar-refractivity contribution < 1.29 is 4.79 Å². The minimum Gasteiger partial charge on any atom is -0.323 e. The van der Waals surface area contributed by atoms with E-state index >= 15 is 0 Å². The summed E-state index contributed by atoms with van der Waals surface area (Å²) in [5.41, 5.74) is 7.08. The molecule has 3 aromatic rings. The SMILES string of the molecule is Cn1cnc(-c2c(Cl)csc2[N+]2(C)C=C=C3CCc4ncccc4N3CC2=O)n1. The second kappa shape index (κ2) is 6.64. The quantitative estimate of drug-likeness (QED) is 0.464. The van der Waals surface area contributed by atoms with Crippen LogP contribution in [0.5, 0.6) is 0 Å². The first-order valence-corrected chi connectivity index (χ1v) is 10.4. The number of allylic oxidation sites excluding steroid dienone is 1. The minimum absolute atomic E-state index is 0.0138. The molecule has 3 aromatic heterocycles. The molecule has 0 saturated carbocycles. The zero-order valence-electron chi connectivity index (χ0n) is 16.0. The summed E-state index contributed by atoms with van der Waals surface area (Å²) in [7, 11) is 3.67. The van der Waals surface area contributed by atoms with Crippen LogP contribution in [0.25, 0.3) is 11.4 Å². The first-order chi connectivity index (χ1) is 14.0. The maximum atomic E-state index is 13.5. The number of aryl methyl sites for hydroxylation is 2. The maximum Gasteiger partial charge on any atom is 0.344 e. The lowest BCUT2D eigenvalue weighted by atomic mass is 10.0. The van der Waals surface area contributed by atoms with E-state index in [1.807, 2.05) is 35.7 Å². The number of nitrogens with zero attached hydrogens (tertiary/aromatic N) is 6. The number of hydrogen-bond donors (Lipinski definition) is 0. The third-order valence-corrected chi connectivity index (χ3v) is 6.94. The normalized spacial score (nSPS) is 20.9. The van der Waals surface area contributed by atoms with E-state index in [-0.39, 0.29) is 16.9 Å². The Morgan fingerprint density at radius 2 is 2.17 bits per heavy atom. The fourth-order valence-corrected chi connectivity index (χ4v) is 5.16. The highest BCUT2D eigenvalue weighted by atomic mass is 35.5. The number of fused-ring (bicyclic) bond motifs is 3. The fraction of sp³-hybridized carbons (Fsp3) is 0.250. The predicted octanol–water partition coefficient (Wildman–Crippen LogP) is 3.52. The monoisotopic (exact) mass is 425 g/mol. The van der Waals surface area contributed by atoms with Crippen LogP contribution in [0.15, 0.2) is 47.7 Å². The van der Waals surface area contributed by atoms with E-state index in [1.54, 1.807) is 24.3 Å². The average Bonchev–Trinajstić information content (AvgIpc) is 3.28. The number of hydrogen-bond acceptors (Lipinski definition) is 6. The van der Waals surface area contributed by atoms with Gasteiger partial charge in [-0.1, -0.05) is 22.9 Å². The van der Waals surface area contributed by atoms with Gasteiger partial charge in [-0.15, -0.1) is 0 Å². The molecule has 5 heterocycles. The molecule has 0 N–H and O–H groups in total. The zero-order chi connectivity index (χ0) is 20.2. The summed E-state index contributed by atoms with van der Waals surface area (Å²) in [6.45, 7) is 0.235. The van der Waals surface area contributed by atoms with Crippen molar-refractivity contribution in [2.75, 3.05) is 18.5 Å². The van der Waals surface area contributed by atoms with Gasteiger partial charge in [0.1, 0.15) is 18.4 Å². The number of aromatic nitrogens is 4. The number of carbonyl (C=O) groups is 1. The van der Waals surface area contributed by atoms with Crippen LogP contribution >= 0.6 is 22.9 Å². The molecule has 2 aliphatic heterocycles. The summed E-state index contributed by atoms with van der Waals surface area (Å²) in [6, 6.07) is 3.91. The second-order valence-electron chi connectivity index (χ2n) is 7.25. The molecule has 146 valence electrons. The number of amides is 1. The lowest BCUT2D eigenvalue weighted by Crippen LogP contribution is -2.49. The van der Waals surface area contributed by atoms with Gasteiger partial charge in [0, 0.05) is 25.0 Å². The Morgan fingerprint density at radius 1 is 1.31 bits per heavy atom. The Bertz CT molecular complexity index is 1210. The summed E-state index contributed by atoms with van der Waals surface area (Å²) in [5, 5.41) is 7.56. The van der Waals surface area contributed by atoms with Crippen LogP contribution in [0.1, 0.15) is 12.1 Å². The van der Waals surface area contributed by atoms with Gasteiger partial charge in [-0.2, -0.15) is 9.58 Å². The van der Waals surface area contributed by atoms with Crippen LogP contribution in [-0.4, -0.2) is 39.2 Å². The predicted molar refractivity (Wildman–Crippen MR) is 114 cm³/mol. The Balaban J connectivity index is 1.62. The summed E-state index contributed by atoms with van der Waals surface area (Å²) in [4.78, 5) is 24.4. The molecule has 0 aliphatic carbocycles. The molecule has 0 fully saturated rings. The van der Waals surface area contributed by atoms with Crippen molar-refractivity contribution in [3.8, 4) is 11.4 Å². The van der Waals surface area contributed by atoms with E-state index in [0.717, 1.165) is 34.9 Å². The van der Waals surface area contributed by atoms with Crippen LogP contribution in [-0.2, 0) is 18.3 Å². The molecule has 0 radical (unpaired) electrons. The number of halogens is 1. The number of rotatable bonds is 2. The van der Waals surface area contributed by atoms with Gasteiger partial charge in [0.15, 0.2) is 12.0 Å². The number of likely N-dealkylation sites (N-methyl/N-ethyl adjacent to an activating group) is 1. The van der Waals surface area contributed by atoms with Crippen molar-refractivity contribution in [1.29, 1.82) is 0 Å². The van der Waals surface area contributed by atoms with Crippen LogP contribution in [0.2, 0.25) is 5.02 Å². The van der Waals surface area contributed by atoms with E-state index in [4.69, 9.17) is 11.6 Å². The summed E-state index contributed by atoms with van der Waals surface area (Å²) in [6.07, 6.45) is 6.89. The van der Waals surface area contributed by atoms with Gasteiger partial charge in [-0.3, -0.25) is 9.67 Å². The van der Waals surface area contributed by atoms with Gasteiger partial charge in [0.25, 0.3) is 0 Å². The maximum absolute atomic E-state index is 13.5. The first-order valence-electron chi connectivity index (χ1n) is 9.18. The highest BCUT2D eigenvalue weighted by Crippen LogP contribution is 2.45. The number of carbonyl (C=O) groups excluding carboxylic acids is 1. The van der Waals surface area contributed by atoms with Crippen LogP contribution < -0.4 is 9.38 Å². The number of pyridine rings is 1. The molecule has 0 aromatic carbocycles. The van der Waals surface area contributed by atoms with E-state index in [2.05, 4.69) is 20.8 Å². The molecule has 9 heteroatoms. The first kappa shape index (κ1) is 18.3. The van der Waals surface area contributed by atoms with Gasteiger partial charge in [0.2, 0.25) is 5.00 Å². The molecule has 1 amide bonds. The lowest BCUT2D eigenvalue weighted by molar-refractivity contribution is -0.125. The summed E-state index contributed by atoms with van der Waals surface area (Å²) in [5.74, 6) is 0.526. The van der Waals surface area contributed by atoms with E-state index in [1.165, 1.54) is 11.3 Å². The summed E-state index contributed by atoms with van der Waals surface area (Å²) < 4.78 is 1.58. The van der Waals surface area contributed by atoms with E-state index < -0.39 is 0 Å². The van der Waals surface area contributed by atoms with Crippen LogP contribution in [0.3, 0.4) is 0 Å². The van der Waals surface area contributed by atoms with Gasteiger partial charge in [0.05, 0.1) is 29.1 Å². The molecule has 1 unspecified atom stereocenters. The molecule has 5 rings (SSSR count). The number of quaternary nitrogens is 1. The summed E-state index contributed by atoms with van der Waals surface area (Å²) >= 11 is 7.93. The van der Waals surface area contributed by atoms with Gasteiger partial charge >= 0.3 is 5.91 Å². The smallest absolute Gasteiger partial charge is 0.323 e. The van der Waals surface area contributed by atoms with Gasteiger partial charge in [-0.05, 0) is 24.3 Å². The van der Waals surface area contributed by atoms with Gasteiger partial charge in [-0.25, -0.2) is 9.78 Å². The Hall–Kier alpha value is -2.77. The highest BCUT2D eigenvalue weighted by molar-refractivity contribution is 7.15. The fourth-order valence-electron chi connectivity index (χ4n) is 3.77. The zero-order valence-corrected chi connectivity index (χ0v) is 17.5. The lowest BCUT2D eigenvalue weighted by Gasteiger charge is -2.31. The van der Waals surface area contributed by atoms with Crippen molar-refractivity contribution in [3.63, 3.8) is 0 Å². The Labute approximate surface area is 176 Å². The van der Waals surface area contributed by atoms with Crippen molar-refractivity contribution >= 4 is 39.5 Å². The molecular weight excluding hydrogens is 408 g/mol. The minimum atomic E-state index is -0.0411. The van der Waals surface area contributed by atoms with E-state index in [9.17, 15) is 4.79 Å². The molecule has 1 atom stereocenters. The molecular formula is C20H18ClN6OS+. The Kier molecular flexibility index (Phi) is 4.18. The van der Waals surface area contributed by atoms with E-state index in [0.29, 0.717) is 16.4 Å². The topological polar surface area (TPSA) is 63.9 Å². The molecule has 7 nitrogen and oxygen atoms in total. The molecule has 2 aliphatic rings. The van der Waals surface area contributed by atoms with Crippen LogP contribution in [0.4, 0.5) is 10.7 Å². The number of thiophene rings is 1. The van der Waals surface area contributed by atoms with Gasteiger partial charge < -0.3 is 4.90 Å². The van der Waals surface area contributed by atoms with Crippen molar-refractivity contribution in [2.45, 2.75) is 12.8 Å².